The summed E-state index contributed by atoms with van der Waals surface area (Å²) in [6, 6.07) is 6.72. The summed E-state index contributed by atoms with van der Waals surface area (Å²) < 4.78 is 32.0. The molecule has 0 spiro atoms. The van der Waals surface area contributed by atoms with Crippen LogP contribution < -0.4 is 4.90 Å². The molecule has 0 amide bonds. The van der Waals surface area contributed by atoms with Crippen molar-refractivity contribution in [1.29, 1.82) is 0 Å². The predicted molar refractivity (Wildman–Crippen MR) is 97.6 cm³/mol. The third-order valence-corrected chi connectivity index (χ3v) is 5.45. The van der Waals surface area contributed by atoms with Gasteiger partial charge in [0.25, 0.3) is 0 Å². The largest absolute Gasteiger partial charge is 0.420 e. The van der Waals surface area contributed by atoms with Crippen molar-refractivity contribution in [2.45, 2.75) is 23.0 Å². The lowest BCUT2D eigenvalue weighted by Gasteiger charge is -2.27. The normalized spacial score (nSPS) is 12.4. The van der Waals surface area contributed by atoms with Crippen LogP contribution >= 0.6 is 0 Å². The van der Waals surface area contributed by atoms with Crippen molar-refractivity contribution < 1.29 is 12.8 Å². The zero-order valence-electron chi connectivity index (χ0n) is 15.8. The highest BCUT2D eigenvalue weighted by molar-refractivity contribution is 7.91. The zero-order valence-corrected chi connectivity index (χ0v) is 16.6. The van der Waals surface area contributed by atoms with E-state index in [1.807, 2.05) is 44.9 Å². The van der Waals surface area contributed by atoms with Gasteiger partial charge < -0.3 is 9.32 Å². The summed E-state index contributed by atoms with van der Waals surface area (Å²) in [5, 5.41) is -0.0648. The maximum absolute atomic E-state index is 13.1. The number of nitrogens with zero attached hydrogens (tertiary/aromatic N) is 4. The van der Waals surface area contributed by atoms with Gasteiger partial charge in [-0.3, -0.25) is 9.80 Å². The molecule has 0 N–H and O–H groups in total. The molecule has 0 aliphatic heterocycles. The fraction of sp³-hybridized carbons (Fsp3) is 0.471. The topological polar surface area (TPSA) is 69.9 Å². The van der Waals surface area contributed by atoms with E-state index in [1.54, 1.807) is 43.3 Å². The average molecular weight is 366 g/mol. The van der Waals surface area contributed by atoms with Crippen molar-refractivity contribution in [3.63, 3.8) is 0 Å². The Morgan fingerprint density at radius 1 is 0.960 bits per heavy atom. The Labute approximate surface area is 149 Å². The van der Waals surface area contributed by atoms with Gasteiger partial charge in [-0.2, -0.15) is 4.98 Å². The minimum absolute atomic E-state index is 0.0648. The molecule has 0 aliphatic rings. The first kappa shape index (κ1) is 19.4. The van der Waals surface area contributed by atoms with Gasteiger partial charge in [-0.1, -0.05) is 17.7 Å². The molecule has 1 heterocycles. The maximum Gasteiger partial charge on any atom is 0.235 e. The minimum Gasteiger partial charge on any atom is -0.420 e. The molecule has 2 rings (SSSR count). The van der Waals surface area contributed by atoms with E-state index >= 15 is 0 Å². The van der Waals surface area contributed by atoms with E-state index in [0.29, 0.717) is 5.89 Å². The van der Waals surface area contributed by atoms with E-state index in [2.05, 4.69) is 4.98 Å². The third kappa shape index (κ3) is 3.86. The number of aromatic nitrogens is 1. The molecule has 1 aromatic carbocycles. The standard InChI is InChI=1S/C17H26N4O3S/c1-12-8-10-13(11-9-12)25(22,23)15-17(21(6)7)24-14(18-15)16(19(2)3)20(4)5/h8-11,16H,1-7H3. The molecule has 0 fully saturated rings. The molecule has 8 heteroatoms. The number of rotatable bonds is 6. The van der Waals surface area contributed by atoms with Gasteiger partial charge in [0.05, 0.1) is 4.90 Å². The molecule has 0 radical (unpaired) electrons. The number of hydrogen-bond donors (Lipinski definition) is 0. The van der Waals surface area contributed by atoms with Crippen LogP contribution in [-0.2, 0) is 9.84 Å². The molecule has 0 bridgehead atoms. The van der Waals surface area contributed by atoms with Crippen LogP contribution in [0.25, 0.3) is 0 Å². The Hall–Kier alpha value is -1.90. The monoisotopic (exact) mass is 366 g/mol. The van der Waals surface area contributed by atoms with Crippen molar-refractivity contribution in [3.05, 3.63) is 35.7 Å². The van der Waals surface area contributed by atoms with Gasteiger partial charge in [0.2, 0.25) is 26.6 Å². The molecule has 0 unspecified atom stereocenters. The fourth-order valence-electron chi connectivity index (χ4n) is 2.61. The summed E-state index contributed by atoms with van der Waals surface area (Å²) in [5.41, 5.74) is 0.993. The van der Waals surface area contributed by atoms with Crippen molar-refractivity contribution in [1.82, 2.24) is 14.8 Å². The molecule has 138 valence electrons. The van der Waals surface area contributed by atoms with Gasteiger partial charge in [0.1, 0.15) is 6.17 Å². The molecule has 0 atom stereocenters. The lowest BCUT2D eigenvalue weighted by atomic mass is 10.2. The van der Waals surface area contributed by atoms with Crippen LogP contribution in [0.2, 0.25) is 0 Å². The highest BCUT2D eigenvalue weighted by Crippen LogP contribution is 2.33. The molecule has 0 saturated heterocycles. The smallest absolute Gasteiger partial charge is 0.235 e. The Balaban J connectivity index is 2.62. The van der Waals surface area contributed by atoms with Crippen molar-refractivity contribution in [2.24, 2.45) is 0 Å². The molecule has 2 aromatic rings. The third-order valence-electron chi connectivity index (χ3n) is 3.79. The highest BCUT2D eigenvalue weighted by Gasteiger charge is 2.32. The first-order valence-corrected chi connectivity index (χ1v) is 9.36. The predicted octanol–water partition coefficient (Wildman–Crippen LogP) is 2.00. The Morgan fingerprint density at radius 3 is 1.92 bits per heavy atom. The molecule has 7 nitrogen and oxygen atoms in total. The Kier molecular flexibility index (Phi) is 5.55. The Bertz CT molecular complexity index is 816. The van der Waals surface area contributed by atoms with Crippen LogP contribution in [0, 0.1) is 6.92 Å². The molecular weight excluding hydrogens is 340 g/mol. The average Bonchev–Trinajstić information content (AvgIpc) is 2.92. The number of aryl methyl sites for hydroxylation is 1. The maximum atomic E-state index is 13.1. The first-order valence-electron chi connectivity index (χ1n) is 7.88. The molecule has 1 aromatic heterocycles. The van der Waals surface area contributed by atoms with E-state index in [9.17, 15) is 8.42 Å². The first-order chi connectivity index (χ1) is 11.6. The van der Waals surface area contributed by atoms with Gasteiger partial charge in [0, 0.05) is 14.1 Å². The second-order valence-electron chi connectivity index (χ2n) is 6.67. The highest BCUT2D eigenvalue weighted by atomic mass is 32.2. The van der Waals surface area contributed by atoms with E-state index in [1.165, 1.54) is 0 Å². The van der Waals surface area contributed by atoms with Crippen LogP contribution in [0.4, 0.5) is 5.88 Å². The second kappa shape index (κ2) is 7.15. The number of oxazole rings is 1. The molecular formula is C17H26N4O3S. The van der Waals surface area contributed by atoms with Crippen molar-refractivity contribution in [3.8, 4) is 0 Å². The van der Waals surface area contributed by atoms with Crippen LogP contribution in [0.5, 0.6) is 0 Å². The van der Waals surface area contributed by atoms with Crippen LogP contribution in [-0.4, -0.2) is 65.5 Å². The molecule has 0 saturated carbocycles. The summed E-state index contributed by atoms with van der Waals surface area (Å²) in [6.07, 6.45) is -0.277. The minimum atomic E-state index is -3.78. The lowest BCUT2D eigenvalue weighted by Crippen LogP contribution is -2.32. The summed E-state index contributed by atoms with van der Waals surface area (Å²) in [6.45, 7) is 1.91. The number of hydrogen-bond acceptors (Lipinski definition) is 7. The van der Waals surface area contributed by atoms with E-state index in [-0.39, 0.29) is 22.0 Å². The zero-order chi connectivity index (χ0) is 18.9. The van der Waals surface area contributed by atoms with Gasteiger partial charge in [-0.25, -0.2) is 8.42 Å². The van der Waals surface area contributed by atoms with Crippen LogP contribution in [0.1, 0.15) is 17.6 Å². The van der Waals surface area contributed by atoms with Gasteiger partial charge in [0.15, 0.2) is 0 Å². The second-order valence-corrected chi connectivity index (χ2v) is 8.54. The number of sulfone groups is 1. The van der Waals surface area contributed by atoms with Crippen LogP contribution in [0.3, 0.4) is 0 Å². The van der Waals surface area contributed by atoms with Gasteiger partial charge in [-0.15, -0.1) is 0 Å². The van der Waals surface area contributed by atoms with Crippen LogP contribution in [0.15, 0.2) is 38.6 Å². The number of anilines is 1. The quantitative estimate of drug-likeness (QED) is 0.724. The van der Waals surface area contributed by atoms with Gasteiger partial charge >= 0.3 is 0 Å². The van der Waals surface area contributed by atoms with Gasteiger partial charge in [-0.05, 0) is 47.2 Å². The van der Waals surface area contributed by atoms with Crippen molar-refractivity contribution >= 4 is 15.7 Å². The van der Waals surface area contributed by atoms with E-state index < -0.39 is 9.84 Å². The number of benzene rings is 1. The van der Waals surface area contributed by atoms with E-state index in [4.69, 9.17) is 4.42 Å². The summed E-state index contributed by atoms with van der Waals surface area (Å²) in [7, 11) is 7.24. The SMILES string of the molecule is Cc1ccc(S(=O)(=O)c2nc(C(N(C)C)N(C)C)oc2N(C)C)cc1. The fourth-order valence-corrected chi connectivity index (χ4v) is 4.00. The Morgan fingerprint density at radius 2 is 1.48 bits per heavy atom. The lowest BCUT2D eigenvalue weighted by molar-refractivity contribution is 0.102. The van der Waals surface area contributed by atoms with Crippen molar-refractivity contribution in [2.75, 3.05) is 47.2 Å². The summed E-state index contributed by atoms with van der Waals surface area (Å²) in [5.74, 6) is 0.564. The summed E-state index contributed by atoms with van der Waals surface area (Å²) in [4.78, 5) is 10.0. The van der Waals surface area contributed by atoms with E-state index in [0.717, 1.165) is 5.56 Å². The molecule has 0 aliphatic carbocycles. The molecule has 25 heavy (non-hydrogen) atoms. The summed E-state index contributed by atoms with van der Waals surface area (Å²) >= 11 is 0.